The van der Waals surface area contributed by atoms with Gasteiger partial charge in [0.15, 0.2) is 0 Å². The molecule has 0 nitrogen and oxygen atoms in total. The maximum Gasteiger partial charge on any atom is 0.123 e. The molecule has 0 aromatic heterocycles. The molecule has 18 heavy (non-hydrogen) atoms. The number of benzene rings is 1. The van der Waals surface area contributed by atoms with Crippen molar-refractivity contribution < 1.29 is 4.39 Å². The van der Waals surface area contributed by atoms with Crippen LogP contribution in [-0.4, -0.2) is 5.38 Å². The maximum atomic E-state index is 13.2. The summed E-state index contributed by atoms with van der Waals surface area (Å²) in [5, 5.41) is 0.113. The first-order chi connectivity index (χ1) is 8.49. The summed E-state index contributed by atoms with van der Waals surface area (Å²) in [6, 6.07) is 6.82. The van der Waals surface area contributed by atoms with Crippen molar-refractivity contribution in [3.63, 3.8) is 0 Å². The summed E-state index contributed by atoms with van der Waals surface area (Å²) < 4.78 is 13.2. The molecule has 0 radical (unpaired) electrons. The molecule has 2 rings (SSSR count). The van der Waals surface area contributed by atoms with Crippen LogP contribution in [0.4, 0.5) is 4.39 Å². The number of halogens is 2. The van der Waals surface area contributed by atoms with E-state index in [9.17, 15) is 4.39 Å². The van der Waals surface area contributed by atoms with Crippen molar-refractivity contribution >= 4 is 11.6 Å². The molecule has 0 bridgehead atoms. The molecule has 0 N–H and O–H groups in total. The smallest absolute Gasteiger partial charge is 0.123 e. The molecule has 1 aliphatic carbocycles. The fourth-order valence-electron chi connectivity index (χ4n) is 3.22. The van der Waals surface area contributed by atoms with E-state index in [1.54, 1.807) is 12.1 Å². The predicted octanol–water partition coefficient (Wildman–Crippen LogP) is 5.19. The number of rotatable bonds is 3. The average Bonchev–Trinajstić information content (AvgIpc) is 2.28. The van der Waals surface area contributed by atoms with Gasteiger partial charge in [0.25, 0.3) is 0 Å². The lowest BCUT2D eigenvalue weighted by atomic mass is 9.67. The van der Waals surface area contributed by atoms with Crippen molar-refractivity contribution in [2.45, 2.75) is 51.3 Å². The Morgan fingerprint density at radius 3 is 2.83 bits per heavy atom. The number of hydrogen-bond donors (Lipinski definition) is 0. The molecule has 1 aliphatic rings. The quantitative estimate of drug-likeness (QED) is 0.662. The molecular weight excluding hydrogens is 247 g/mol. The fraction of sp³-hybridized carbons (Fsp3) is 0.625. The van der Waals surface area contributed by atoms with E-state index in [1.807, 2.05) is 6.07 Å². The van der Waals surface area contributed by atoms with E-state index < -0.39 is 0 Å². The largest absolute Gasteiger partial charge is 0.207 e. The minimum atomic E-state index is -0.167. The van der Waals surface area contributed by atoms with E-state index in [1.165, 1.54) is 31.7 Å². The van der Waals surface area contributed by atoms with Crippen LogP contribution in [0.3, 0.4) is 0 Å². The van der Waals surface area contributed by atoms with Gasteiger partial charge in [0.05, 0.1) is 0 Å². The van der Waals surface area contributed by atoms with Crippen molar-refractivity contribution in [2.24, 2.45) is 11.3 Å². The van der Waals surface area contributed by atoms with Crippen LogP contribution in [0.15, 0.2) is 24.3 Å². The van der Waals surface area contributed by atoms with E-state index >= 15 is 0 Å². The van der Waals surface area contributed by atoms with Gasteiger partial charge in [-0.25, -0.2) is 4.39 Å². The van der Waals surface area contributed by atoms with Crippen LogP contribution in [0, 0.1) is 17.2 Å². The predicted molar refractivity (Wildman–Crippen MR) is 75.5 cm³/mol. The second-order valence-corrected chi connectivity index (χ2v) is 6.75. The lowest BCUT2D eigenvalue weighted by molar-refractivity contribution is 0.133. The summed E-state index contributed by atoms with van der Waals surface area (Å²) in [5.41, 5.74) is 1.33. The summed E-state index contributed by atoms with van der Waals surface area (Å²) in [7, 11) is 0. The topological polar surface area (TPSA) is 0 Å². The zero-order valence-electron chi connectivity index (χ0n) is 11.3. The Hall–Kier alpha value is -0.560. The average molecular weight is 269 g/mol. The lowest BCUT2D eigenvalue weighted by Gasteiger charge is -2.41. The van der Waals surface area contributed by atoms with Crippen LogP contribution in [-0.2, 0) is 6.42 Å². The van der Waals surface area contributed by atoms with Crippen LogP contribution in [0.25, 0.3) is 0 Å². The van der Waals surface area contributed by atoms with Crippen molar-refractivity contribution in [1.82, 2.24) is 0 Å². The molecule has 0 spiro atoms. The Morgan fingerprint density at radius 2 is 2.17 bits per heavy atom. The van der Waals surface area contributed by atoms with Crippen LogP contribution in [0.5, 0.6) is 0 Å². The van der Waals surface area contributed by atoms with Crippen LogP contribution in [0.2, 0.25) is 0 Å². The minimum Gasteiger partial charge on any atom is -0.207 e. The van der Waals surface area contributed by atoms with Crippen LogP contribution >= 0.6 is 11.6 Å². The van der Waals surface area contributed by atoms with Gasteiger partial charge < -0.3 is 0 Å². The molecular formula is C16H22ClF. The van der Waals surface area contributed by atoms with Crippen LogP contribution in [0.1, 0.15) is 45.1 Å². The number of hydrogen-bond acceptors (Lipinski definition) is 0. The zero-order valence-corrected chi connectivity index (χ0v) is 12.0. The van der Waals surface area contributed by atoms with E-state index in [0.717, 1.165) is 12.0 Å². The third kappa shape index (κ3) is 3.26. The molecule has 2 heteroatoms. The second kappa shape index (κ2) is 5.61. The lowest BCUT2D eigenvalue weighted by Crippen LogP contribution is -2.35. The maximum absolute atomic E-state index is 13.2. The van der Waals surface area contributed by atoms with E-state index in [4.69, 9.17) is 11.6 Å². The molecule has 100 valence electrons. The van der Waals surface area contributed by atoms with Gasteiger partial charge in [-0.1, -0.05) is 38.8 Å². The molecule has 1 saturated carbocycles. The first-order valence-corrected chi connectivity index (χ1v) is 7.31. The molecule has 1 fully saturated rings. The summed E-state index contributed by atoms with van der Waals surface area (Å²) in [4.78, 5) is 0. The highest BCUT2D eigenvalue weighted by Crippen LogP contribution is 2.44. The SMILES string of the molecule is CC1(C)CCCCC1C(Cl)Cc1cccc(F)c1. The fourth-order valence-corrected chi connectivity index (χ4v) is 3.87. The zero-order chi connectivity index (χ0) is 13.2. The molecule has 0 amide bonds. The Morgan fingerprint density at radius 1 is 1.39 bits per heavy atom. The van der Waals surface area contributed by atoms with E-state index in [2.05, 4.69) is 13.8 Å². The summed E-state index contributed by atoms with van der Waals surface area (Å²) in [5.74, 6) is 0.371. The Balaban J connectivity index is 2.05. The van der Waals surface area contributed by atoms with Crippen molar-refractivity contribution in [2.75, 3.05) is 0 Å². The van der Waals surface area contributed by atoms with Crippen LogP contribution < -0.4 is 0 Å². The highest BCUT2D eigenvalue weighted by molar-refractivity contribution is 6.21. The van der Waals surface area contributed by atoms with E-state index in [0.29, 0.717) is 11.3 Å². The van der Waals surface area contributed by atoms with Gasteiger partial charge in [-0.05, 0) is 48.3 Å². The van der Waals surface area contributed by atoms with Crippen molar-refractivity contribution in [3.8, 4) is 0 Å². The van der Waals surface area contributed by atoms with Gasteiger partial charge in [-0.15, -0.1) is 11.6 Å². The number of alkyl halides is 1. The third-order valence-corrected chi connectivity index (χ3v) is 4.80. The molecule has 2 atom stereocenters. The Kier molecular flexibility index (Phi) is 4.32. The van der Waals surface area contributed by atoms with Gasteiger partial charge in [0, 0.05) is 5.38 Å². The van der Waals surface area contributed by atoms with Gasteiger partial charge in [-0.3, -0.25) is 0 Å². The van der Waals surface area contributed by atoms with E-state index in [-0.39, 0.29) is 11.2 Å². The molecule has 0 aliphatic heterocycles. The molecule has 1 aromatic rings. The monoisotopic (exact) mass is 268 g/mol. The first-order valence-electron chi connectivity index (χ1n) is 6.87. The minimum absolute atomic E-state index is 0.113. The highest BCUT2D eigenvalue weighted by atomic mass is 35.5. The molecule has 2 unspecified atom stereocenters. The normalized spacial score (nSPS) is 24.8. The standard InChI is InChI=1S/C16H22ClF/c1-16(2)9-4-3-8-14(16)15(17)11-12-6-5-7-13(18)10-12/h5-7,10,14-15H,3-4,8-9,11H2,1-2H3. The van der Waals surface area contributed by atoms with Crippen molar-refractivity contribution in [3.05, 3.63) is 35.6 Å². The molecule has 0 saturated heterocycles. The third-order valence-electron chi connectivity index (χ3n) is 4.35. The second-order valence-electron chi connectivity index (χ2n) is 6.19. The molecule has 0 heterocycles. The first kappa shape index (κ1) is 13.9. The summed E-state index contributed by atoms with van der Waals surface area (Å²) in [6.45, 7) is 4.63. The molecule has 1 aromatic carbocycles. The Bertz CT molecular complexity index is 400. The van der Waals surface area contributed by atoms with Gasteiger partial charge in [0.2, 0.25) is 0 Å². The summed E-state index contributed by atoms with van der Waals surface area (Å²) in [6.07, 6.45) is 5.82. The highest BCUT2D eigenvalue weighted by Gasteiger charge is 2.36. The summed E-state index contributed by atoms with van der Waals surface area (Å²) >= 11 is 6.61. The van der Waals surface area contributed by atoms with Crippen molar-refractivity contribution in [1.29, 1.82) is 0 Å². The van der Waals surface area contributed by atoms with Gasteiger partial charge in [0.1, 0.15) is 5.82 Å². The van der Waals surface area contributed by atoms with Gasteiger partial charge in [-0.2, -0.15) is 0 Å². The Labute approximate surface area is 115 Å². The van der Waals surface area contributed by atoms with Gasteiger partial charge >= 0.3 is 0 Å².